The van der Waals surface area contributed by atoms with Gasteiger partial charge in [-0.15, -0.1) is 0 Å². The first kappa shape index (κ1) is 21.1. The summed E-state index contributed by atoms with van der Waals surface area (Å²) in [4.78, 5) is 15.0. The van der Waals surface area contributed by atoms with Gasteiger partial charge in [0, 0.05) is 31.3 Å². The number of hydrogen-bond acceptors (Lipinski definition) is 2. The molecule has 4 nitrogen and oxygen atoms in total. The van der Waals surface area contributed by atoms with Gasteiger partial charge in [-0.1, -0.05) is 30.3 Å². The standard InChI is InChI=1S/C23H26F2N2O2S/c1-30(29)26-16-5-4-11-27(12-10-16)23(28)20-14-19(20)18-7-3-2-6-17(18)15-8-9-21(24)22(25)13-15/h2-3,6-9,13,16,19-20,26H,4-5,10-12,14H2,1H3. The van der Waals surface area contributed by atoms with Crippen LogP contribution in [0, 0.1) is 17.6 Å². The number of hydrogen-bond donors (Lipinski definition) is 1. The highest BCUT2D eigenvalue weighted by Gasteiger charge is 2.46. The molecule has 0 aromatic heterocycles. The smallest absolute Gasteiger partial charge is 0.226 e. The third-order valence-corrected chi connectivity index (χ3v) is 6.74. The molecule has 2 aromatic carbocycles. The number of nitrogens with zero attached hydrogens (tertiary/aromatic N) is 1. The number of benzene rings is 2. The molecule has 1 amide bonds. The molecule has 2 fully saturated rings. The van der Waals surface area contributed by atoms with Crippen LogP contribution < -0.4 is 4.72 Å². The molecule has 1 saturated carbocycles. The Bertz CT molecular complexity index is 968. The van der Waals surface area contributed by atoms with Gasteiger partial charge in [-0.2, -0.15) is 0 Å². The summed E-state index contributed by atoms with van der Waals surface area (Å²) in [6.07, 6.45) is 5.01. The molecule has 30 heavy (non-hydrogen) atoms. The lowest BCUT2D eigenvalue weighted by Crippen LogP contribution is -2.35. The molecule has 4 atom stereocenters. The first-order valence-corrected chi connectivity index (χ1v) is 11.9. The Labute approximate surface area is 178 Å². The van der Waals surface area contributed by atoms with Crippen molar-refractivity contribution in [1.29, 1.82) is 0 Å². The van der Waals surface area contributed by atoms with Crippen LogP contribution in [0.3, 0.4) is 0 Å². The molecule has 2 aliphatic rings. The van der Waals surface area contributed by atoms with Gasteiger partial charge in [0.15, 0.2) is 11.6 Å². The van der Waals surface area contributed by atoms with Crippen LogP contribution in [0.2, 0.25) is 0 Å². The fourth-order valence-corrected chi connectivity index (χ4v) is 5.17. The second-order valence-corrected chi connectivity index (χ2v) is 9.33. The second kappa shape index (κ2) is 8.94. The van der Waals surface area contributed by atoms with E-state index < -0.39 is 22.6 Å². The van der Waals surface area contributed by atoms with Crippen molar-refractivity contribution in [2.45, 2.75) is 37.6 Å². The van der Waals surface area contributed by atoms with E-state index in [9.17, 15) is 17.8 Å². The molecular formula is C23H26F2N2O2S. The number of carbonyl (C=O) groups is 1. The monoisotopic (exact) mass is 432 g/mol. The van der Waals surface area contributed by atoms with Gasteiger partial charge in [-0.25, -0.2) is 17.7 Å². The zero-order chi connectivity index (χ0) is 21.3. The number of carbonyl (C=O) groups excluding carboxylic acids is 1. The van der Waals surface area contributed by atoms with Crippen molar-refractivity contribution in [1.82, 2.24) is 9.62 Å². The van der Waals surface area contributed by atoms with Gasteiger partial charge in [-0.05, 0) is 60.4 Å². The minimum Gasteiger partial charge on any atom is -0.342 e. The maximum atomic E-state index is 13.8. The Morgan fingerprint density at radius 2 is 1.90 bits per heavy atom. The molecule has 7 heteroatoms. The average molecular weight is 433 g/mol. The third-order valence-electron chi connectivity index (χ3n) is 6.07. The van der Waals surface area contributed by atoms with E-state index in [1.165, 1.54) is 6.07 Å². The largest absolute Gasteiger partial charge is 0.342 e. The zero-order valence-corrected chi connectivity index (χ0v) is 17.8. The highest BCUT2D eigenvalue weighted by atomic mass is 32.2. The number of rotatable bonds is 5. The summed E-state index contributed by atoms with van der Waals surface area (Å²) in [5.41, 5.74) is 2.48. The Morgan fingerprint density at radius 3 is 2.67 bits per heavy atom. The molecule has 160 valence electrons. The summed E-state index contributed by atoms with van der Waals surface area (Å²) in [6, 6.07) is 11.8. The lowest BCUT2D eigenvalue weighted by atomic mass is 9.95. The molecule has 4 unspecified atom stereocenters. The van der Waals surface area contributed by atoms with E-state index in [1.807, 2.05) is 29.2 Å². The first-order valence-electron chi connectivity index (χ1n) is 10.4. The van der Waals surface area contributed by atoms with Crippen LogP contribution in [0.25, 0.3) is 11.1 Å². The third kappa shape index (κ3) is 4.62. The second-order valence-electron chi connectivity index (χ2n) is 8.19. The van der Waals surface area contributed by atoms with Gasteiger partial charge in [0.25, 0.3) is 0 Å². The van der Waals surface area contributed by atoms with Crippen LogP contribution in [-0.2, 0) is 15.8 Å². The number of nitrogens with one attached hydrogen (secondary N) is 1. The molecule has 1 aliphatic heterocycles. The molecule has 1 saturated heterocycles. The SMILES string of the molecule is CS(=O)NC1CCCN(C(=O)C2CC2c2ccccc2-c2ccc(F)c(F)c2)CC1. The molecule has 4 rings (SSSR count). The van der Waals surface area contributed by atoms with Crippen LogP contribution in [-0.4, -0.2) is 40.4 Å². The summed E-state index contributed by atoms with van der Waals surface area (Å²) in [7, 11) is -1.05. The van der Waals surface area contributed by atoms with Crippen molar-refractivity contribution >= 4 is 16.9 Å². The van der Waals surface area contributed by atoms with E-state index in [4.69, 9.17) is 0 Å². The highest BCUT2D eigenvalue weighted by Crippen LogP contribution is 2.51. The molecule has 0 spiro atoms. The first-order chi connectivity index (χ1) is 14.4. The predicted octanol–water partition coefficient (Wildman–Crippen LogP) is 4.00. The van der Waals surface area contributed by atoms with Gasteiger partial charge in [0.05, 0.1) is 11.0 Å². The molecule has 0 radical (unpaired) electrons. The van der Waals surface area contributed by atoms with E-state index in [-0.39, 0.29) is 23.8 Å². The van der Waals surface area contributed by atoms with Gasteiger partial charge in [-0.3, -0.25) is 4.79 Å². The minimum absolute atomic E-state index is 0.0683. The summed E-state index contributed by atoms with van der Waals surface area (Å²) in [5.74, 6) is -1.54. The lowest BCUT2D eigenvalue weighted by Gasteiger charge is -2.21. The van der Waals surface area contributed by atoms with E-state index in [1.54, 1.807) is 12.3 Å². The lowest BCUT2D eigenvalue weighted by molar-refractivity contribution is -0.132. The van der Waals surface area contributed by atoms with E-state index in [2.05, 4.69) is 4.72 Å². The maximum absolute atomic E-state index is 13.8. The predicted molar refractivity (Wildman–Crippen MR) is 114 cm³/mol. The van der Waals surface area contributed by atoms with Gasteiger partial charge in [0.2, 0.25) is 5.91 Å². The van der Waals surface area contributed by atoms with E-state index in [0.29, 0.717) is 12.1 Å². The minimum atomic E-state index is -1.05. The van der Waals surface area contributed by atoms with Crippen molar-refractivity contribution in [2.24, 2.45) is 5.92 Å². The van der Waals surface area contributed by atoms with Gasteiger partial charge >= 0.3 is 0 Å². The fraction of sp³-hybridized carbons (Fsp3) is 0.435. The topological polar surface area (TPSA) is 49.4 Å². The van der Waals surface area contributed by atoms with Crippen molar-refractivity contribution in [3.8, 4) is 11.1 Å². The van der Waals surface area contributed by atoms with Crippen LogP contribution >= 0.6 is 0 Å². The molecule has 1 aliphatic carbocycles. The molecule has 0 bridgehead atoms. The van der Waals surface area contributed by atoms with Crippen LogP contribution in [0.5, 0.6) is 0 Å². The highest BCUT2D eigenvalue weighted by molar-refractivity contribution is 7.82. The molecule has 2 aromatic rings. The summed E-state index contributed by atoms with van der Waals surface area (Å²) < 4.78 is 41.6. The van der Waals surface area contributed by atoms with Crippen molar-refractivity contribution in [3.63, 3.8) is 0 Å². The molecule has 1 heterocycles. The van der Waals surface area contributed by atoms with Crippen molar-refractivity contribution in [3.05, 3.63) is 59.7 Å². The Hall–Kier alpha value is -2.12. The van der Waals surface area contributed by atoms with Crippen LogP contribution in [0.15, 0.2) is 42.5 Å². The van der Waals surface area contributed by atoms with Crippen molar-refractivity contribution in [2.75, 3.05) is 19.3 Å². The van der Waals surface area contributed by atoms with Gasteiger partial charge in [0.1, 0.15) is 0 Å². The molecule has 1 N–H and O–H groups in total. The summed E-state index contributed by atoms with van der Waals surface area (Å²) >= 11 is 0. The summed E-state index contributed by atoms with van der Waals surface area (Å²) in [6.45, 7) is 1.39. The number of likely N-dealkylation sites (tertiary alicyclic amines) is 1. The average Bonchev–Trinajstić information content (AvgIpc) is 3.54. The Kier molecular flexibility index (Phi) is 6.29. The Morgan fingerprint density at radius 1 is 1.10 bits per heavy atom. The van der Waals surface area contributed by atoms with E-state index in [0.717, 1.165) is 49.4 Å². The Balaban J connectivity index is 1.46. The normalized spacial score (nSPS) is 24.9. The van der Waals surface area contributed by atoms with Crippen LogP contribution in [0.4, 0.5) is 8.78 Å². The zero-order valence-electron chi connectivity index (χ0n) is 16.9. The fourth-order valence-electron chi connectivity index (χ4n) is 4.46. The quantitative estimate of drug-likeness (QED) is 0.777. The number of amides is 1. The van der Waals surface area contributed by atoms with Crippen molar-refractivity contribution < 1.29 is 17.8 Å². The maximum Gasteiger partial charge on any atom is 0.226 e. The number of halogens is 2. The summed E-state index contributed by atoms with van der Waals surface area (Å²) in [5, 5.41) is 0. The van der Waals surface area contributed by atoms with E-state index >= 15 is 0 Å². The van der Waals surface area contributed by atoms with Crippen LogP contribution in [0.1, 0.15) is 37.2 Å². The molecular weight excluding hydrogens is 406 g/mol. The van der Waals surface area contributed by atoms with Gasteiger partial charge < -0.3 is 4.90 Å².